The van der Waals surface area contributed by atoms with Crippen molar-refractivity contribution in [1.29, 1.82) is 0 Å². The maximum Gasteiger partial charge on any atom is 0.126 e. The second-order valence-corrected chi connectivity index (χ2v) is 14.4. The molecule has 180 valence electrons. The fourth-order valence-electron chi connectivity index (χ4n) is 11.4. The van der Waals surface area contributed by atoms with Gasteiger partial charge in [0, 0.05) is 5.41 Å². The number of aldehydes is 1. The van der Waals surface area contributed by atoms with Gasteiger partial charge in [0.05, 0.1) is 6.10 Å². The Morgan fingerprint density at radius 2 is 1.56 bits per heavy atom. The van der Waals surface area contributed by atoms with E-state index >= 15 is 0 Å². The molecule has 5 aliphatic carbocycles. The molecule has 0 aromatic carbocycles. The Labute approximate surface area is 197 Å². The van der Waals surface area contributed by atoms with Crippen molar-refractivity contribution in [1.82, 2.24) is 0 Å². The fourth-order valence-corrected chi connectivity index (χ4v) is 11.4. The van der Waals surface area contributed by atoms with E-state index in [1.54, 1.807) is 0 Å². The molecule has 0 saturated heterocycles. The molecule has 1 N–H and O–H groups in total. The Balaban J connectivity index is 1.56. The van der Waals surface area contributed by atoms with Crippen molar-refractivity contribution in [3.63, 3.8) is 0 Å². The van der Waals surface area contributed by atoms with Gasteiger partial charge >= 0.3 is 0 Å². The first-order valence-electron chi connectivity index (χ1n) is 13.7. The van der Waals surface area contributed by atoms with Gasteiger partial charge in [-0.3, -0.25) is 0 Å². The summed E-state index contributed by atoms with van der Waals surface area (Å²) in [5.41, 5.74) is 2.20. The van der Waals surface area contributed by atoms with Gasteiger partial charge < -0.3 is 9.90 Å². The average molecular weight is 441 g/mol. The lowest BCUT2D eigenvalue weighted by molar-refractivity contribution is -0.245. The van der Waals surface area contributed by atoms with Gasteiger partial charge in [-0.2, -0.15) is 0 Å². The van der Waals surface area contributed by atoms with Crippen LogP contribution in [0.2, 0.25) is 0 Å². The summed E-state index contributed by atoms with van der Waals surface area (Å²) in [6.07, 6.45) is 13.1. The highest BCUT2D eigenvalue weighted by molar-refractivity contribution is 5.62. The number of carbonyl (C=O) groups excluding carboxylic acids is 1. The van der Waals surface area contributed by atoms with Crippen LogP contribution in [-0.2, 0) is 4.79 Å². The number of carbonyl (C=O) groups is 1. The van der Waals surface area contributed by atoms with Crippen LogP contribution in [0.15, 0.2) is 12.2 Å². The van der Waals surface area contributed by atoms with Crippen LogP contribution in [-0.4, -0.2) is 17.5 Å². The summed E-state index contributed by atoms with van der Waals surface area (Å²) >= 11 is 0. The molecule has 32 heavy (non-hydrogen) atoms. The minimum absolute atomic E-state index is 0.0157. The molecule has 0 bridgehead atoms. The van der Waals surface area contributed by atoms with E-state index in [-0.39, 0.29) is 16.9 Å². The summed E-state index contributed by atoms with van der Waals surface area (Å²) in [6.45, 7) is 19.2. The van der Waals surface area contributed by atoms with Crippen LogP contribution < -0.4 is 0 Å². The summed E-state index contributed by atoms with van der Waals surface area (Å²) in [6, 6.07) is 0. The smallest absolute Gasteiger partial charge is 0.126 e. The van der Waals surface area contributed by atoms with Gasteiger partial charge in [-0.1, -0.05) is 46.8 Å². The minimum atomic E-state index is -0.158. The topological polar surface area (TPSA) is 37.3 Å². The number of hydrogen-bond donors (Lipinski definition) is 1. The molecule has 2 heteroatoms. The number of rotatable bonds is 2. The van der Waals surface area contributed by atoms with E-state index in [2.05, 4.69) is 48.1 Å². The van der Waals surface area contributed by atoms with E-state index in [1.165, 1.54) is 50.4 Å². The molecule has 2 nitrogen and oxygen atoms in total. The molecule has 10 atom stereocenters. The Bertz CT molecular complexity index is 814. The Morgan fingerprint density at radius 3 is 2.22 bits per heavy atom. The first-order chi connectivity index (χ1) is 14.9. The van der Waals surface area contributed by atoms with Crippen molar-refractivity contribution < 1.29 is 9.90 Å². The van der Waals surface area contributed by atoms with Crippen molar-refractivity contribution in [2.24, 2.45) is 56.7 Å². The molecule has 0 radical (unpaired) electrons. The lowest BCUT2D eigenvalue weighted by atomic mass is 9.32. The molecule has 0 spiro atoms. The average Bonchev–Trinajstić information content (AvgIpc) is 3.12. The lowest BCUT2D eigenvalue weighted by Crippen LogP contribution is -2.66. The SMILES string of the molecule is C=C(C)[C@H]1CC[C@@]2(C=O)CC[C@@]3(C)[C@@H](CC[C@H]4[C@]5(C)CC[C@@H](O)C(C)(C)[C@H]5CC[C@@]43C)[C@H]12. The Hall–Kier alpha value is -0.630. The number of hydrogen-bond acceptors (Lipinski definition) is 2. The van der Waals surface area contributed by atoms with Crippen LogP contribution in [0.25, 0.3) is 0 Å². The van der Waals surface area contributed by atoms with Crippen LogP contribution >= 0.6 is 0 Å². The normalized spacial score (nSPS) is 56.3. The molecule has 0 aliphatic heterocycles. The van der Waals surface area contributed by atoms with E-state index < -0.39 is 0 Å². The van der Waals surface area contributed by atoms with E-state index in [1.807, 2.05) is 0 Å². The van der Waals surface area contributed by atoms with E-state index in [4.69, 9.17) is 0 Å². The summed E-state index contributed by atoms with van der Waals surface area (Å²) < 4.78 is 0. The first kappa shape index (κ1) is 23.1. The van der Waals surface area contributed by atoms with Crippen molar-refractivity contribution in [3.8, 4) is 0 Å². The number of aliphatic hydroxyl groups is 1. The highest BCUT2D eigenvalue weighted by Gasteiger charge is 2.70. The van der Waals surface area contributed by atoms with Gasteiger partial charge in [-0.15, -0.1) is 0 Å². The van der Waals surface area contributed by atoms with Gasteiger partial charge in [-0.25, -0.2) is 0 Å². The van der Waals surface area contributed by atoms with Crippen LogP contribution in [0.5, 0.6) is 0 Å². The molecule has 0 unspecified atom stereocenters. The molecule has 5 saturated carbocycles. The van der Waals surface area contributed by atoms with Crippen LogP contribution in [0.1, 0.15) is 106 Å². The van der Waals surface area contributed by atoms with E-state index in [0.717, 1.165) is 31.6 Å². The third-order valence-electron chi connectivity index (χ3n) is 13.3. The zero-order valence-electron chi connectivity index (χ0n) is 21.7. The van der Waals surface area contributed by atoms with Gasteiger partial charge in [-0.05, 0) is 122 Å². The predicted molar refractivity (Wildman–Crippen MR) is 131 cm³/mol. The number of fused-ring (bicyclic) bond motifs is 7. The van der Waals surface area contributed by atoms with Crippen molar-refractivity contribution >= 4 is 6.29 Å². The zero-order chi connectivity index (χ0) is 23.3. The van der Waals surface area contributed by atoms with Crippen LogP contribution in [0.3, 0.4) is 0 Å². The monoisotopic (exact) mass is 440 g/mol. The summed E-state index contributed by atoms with van der Waals surface area (Å²) in [4.78, 5) is 12.6. The first-order valence-corrected chi connectivity index (χ1v) is 13.7. The number of aliphatic hydroxyl groups excluding tert-OH is 1. The molecular weight excluding hydrogens is 392 g/mol. The molecule has 0 amide bonds. The quantitative estimate of drug-likeness (QED) is 0.364. The predicted octanol–water partition coefficient (Wildman–Crippen LogP) is 7.20. The van der Waals surface area contributed by atoms with E-state index in [0.29, 0.717) is 39.9 Å². The fraction of sp³-hybridized carbons (Fsp3) is 0.900. The Morgan fingerprint density at radius 1 is 0.844 bits per heavy atom. The van der Waals surface area contributed by atoms with Crippen molar-refractivity contribution in [2.75, 3.05) is 0 Å². The second-order valence-electron chi connectivity index (χ2n) is 14.4. The van der Waals surface area contributed by atoms with E-state index in [9.17, 15) is 9.90 Å². The maximum absolute atomic E-state index is 12.6. The molecule has 5 fully saturated rings. The summed E-state index contributed by atoms with van der Waals surface area (Å²) in [7, 11) is 0. The molecule has 5 rings (SSSR count). The van der Waals surface area contributed by atoms with Crippen molar-refractivity contribution in [3.05, 3.63) is 12.2 Å². The second kappa shape index (κ2) is 6.96. The van der Waals surface area contributed by atoms with Gasteiger partial charge in [0.1, 0.15) is 6.29 Å². The summed E-state index contributed by atoms with van der Waals surface area (Å²) in [5, 5.41) is 10.9. The highest BCUT2D eigenvalue weighted by atomic mass is 16.3. The van der Waals surface area contributed by atoms with Gasteiger partial charge in [0.25, 0.3) is 0 Å². The lowest BCUT2D eigenvalue weighted by Gasteiger charge is -2.72. The van der Waals surface area contributed by atoms with Crippen LogP contribution in [0, 0.1) is 56.7 Å². The molecule has 5 aliphatic rings. The van der Waals surface area contributed by atoms with Gasteiger partial charge in [0.2, 0.25) is 0 Å². The Kier molecular flexibility index (Phi) is 5.03. The summed E-state index contributed by atoms with van der Waals surface area (Å²) in [5.74, 6) is 3.03. The molecule has 0 aromatic rings. The van der Waals surface area contributed by atoms with Crippen LogP contribution in [0.4, 0.5) is 0 Å². The maximum atomic E-state index is 12.6. The third-order valence-corrected chi connectivity index (χ3v) is 13.3. The molecular formula is C30H48O2. The zero-order valence-corrected chi connectivity index (χ0v) is 21.7. The highest BCUT2D eigenvalue weighted by Crippen LogP contribution is 2.77. The third kappa shape index (κ3) is 2.60. The number of allylic oxidation sites excluding steroid dienone is 1. The molecule has 0 aromatic heterocycles. The molecule has 0 heterocycles. The standard InChI is InChI=1S/C30H48O2/c1-19(2)20-10-15-30(18-31)17-16-28(6)21(25(20)30)8-9-23-27(5)13-12-24(32)26(3,4)22(27)11-14-29(23,28)7/h18,20-25,32H,1,8-17H2,2-7H3/t20-,21+,22-,23+,24-,25+,27-,28+,29+,30+/m1/s1. The van der Waals surface area contributed by atoms with Crippen molar-refractivity contribution in [2.45, 2.75) is 112 Å². The van der Waals surface area contributed by atoms with Gasteiger partial charge in [0.15, 0.2) is 0 Å². The minimum Gasteiger partial charge on any atom is -0.393 e. The largest absolute Gasteiger partial charge is 0.393 e.